The van der Waals surface area contributed by atoms with Crippen LogP contribution in [0.5, 0.6) is 0 Å². The van der Waals surface area contributed by atoms with Gasteiger partial charge in [-0.2, -0.15) is 0 Å². The van der Waals surface area contributed by atoms with Crippen molar-refractivity contribution in [1.82, 2.24) is 0 Å². The van der Waals surface area contributed by atoms with Crippen LogP contribution in [-0.2, 0) is 12.8 Å². The summed E-state index contributed by atoms with van der Waals surface area (Å²) < 4.78 is 5.67. The Hall–Kier alpha value is -1.05. The van der Waals surface area contributed by atoms with Gasteiger partial charge in [0, 0.05) is 18.3 Å². The molecule has 0 unspecified atom stereocenters. The van der Waals surface area contributed by atoms with Crippen LogP contribution in [0.3, 0.4) is 0 Å². The first-order valence-electron chi connectivity index (χ1n) is 5.91. The van der Waals surface area contributed by atoms with Gasteiger partial charge >= 0.3 is 0 Å². The monoisotopic (exact) mass is 204 g/mol. The van der Waals surface area contributed by atoms with E-state index in [0.29, 0.717) is 5.78 Å². The number of aryl methyl sites for hydroxylation is 2. The largest absolute Gasteiger partial charge is 0.465 e. The number of carbonyl (C=O) groups excluding carboxylic acids is 1. The highest BCUT2D eigenvalue weighted by molar-refractivity contribution is 6.03. The molecule has 1 spiro atoms. The molecule has 0 N–H and O–H groups in total. The fourth-order valence-electron chi connectivity index (χ4n) is 2.87. The van der Waals surface area contributed by atoms with Crippen molar-refractivity contribution in [2.24, 2.45) is 5.41 Å². The van der Waals surface area contributed by atoms with Gasteiger partial charge in [-0.15, -0.1) is 0 Å². The maximum absolute atomic E-state index is 12.3. The second-order valence-corrected chi connectivity index (χ2v) is 4.87. The molecule has 2 aliphatic carbocycles. The Labute approximate surface area is 89.7 Å². The highest BCUT2D eigenvalue weighted by Crippen LogP contribution is 2.50. The van der Waals surface area contributed by atoms with Crippen molar-refractivity contribution < 1.29 is 9.21 Å². The zero-order valence-corrected chi connectivity index (χ0v) is 9.14. The molecule has 0 saturated heterocycles. The molecule has 80 valence electrons. The predicted molar refractivity (Wildman–Crippen MR) is 57.0 cm³/mol. The summed E-state index contributed by atoms with van der Waals surface area (Å²) in [5.74, 6) is 2.26. The molecule has 1 aromatic heterocycles. The molecule has 0 radical (unpaired) electrons. The van der Waals surface area contributed by atoms with Crippen molar-refractivity contribution in [3.63, 3.8) is 0 Å². The van der Waals surface area contributed by atoms with E-state index >= 15 is 0 Å². The fraction of sp³-hybridized carbons (Fsp3) is 0.615. The molecule has 0 aliphatic heterocycles. The molecule has 2 nitrogen and oxygen atoms in total. The zero-order valence-electron chi connectivity index (χ0n) is 9.14. The average Bonchev–Trinajstić information content (AvgIpc) is 2.60. The van der Waals surface area contributed by atoms with Crippen molar-refractivity contribution in [2.45, 2.75) is 45.4 Å². The highest BCUT2D eigenvalue weighted by atomic mass is 16.3. The summed E-state index contributed by atoms with van der Waals surface area (Å²) in [7, 11) is 0. The van der Waals surface area contributed by atoms with E-state index in [1.807, 2.05) is 6.07 Å². The molecular weight excluding hydrogens is 188 g/mol. The molecule has 1 fully saturated rings. The molecule has 0 aromatic carbocycles. The van der Waals surface area contributed by atoms with Crippen LogP contribution in [0.2, 0.25) is 0 Å². The minimum atomic E-state index is 0.0158. The minimum absolute atomic E-state index is 0.0158. The van der Waals surface area contributed by atoms with Gasteiger partial charge in [0.2, 0.25) is 0 Å². The average molecular weight is 204 g/mol. The van der Waals surface area contributed by atoms with Crippen LogP contribution in [0.4, 0.5) is 0 Å². The summed E-state index contributed by atoms with van der Waals surface area (Å²) in [6.07, 6.45) is 6.26. The Morgan fingerprint density at radius 2 is 2.20 bits per heavy atom. The van der Waals surface area contributed by atoms with Crippen LogP contribution in [0.15, 0.2) is 10.5 Å². The molecule has 1 saturated carbocycles. The lowest BCUT2D eigenvalue weighted by Gasteiger charge is -2.42. The van der Waals surface area contributed by atoms with Gasteiger partial charge in [0.25, 0.3) is 0 Å². The highest BCUT2D eigenvalue weighted by Gasteiger charge is 2.47. The van der Waals surface area contributed by atoms with Crippen LogP contribution in [0, 0.1) is 5.41 Å². The van der Waals surface area contributed by atoms with Crippen molar-refractivity contribution in [1.29, 1.82) is 0 Å². The van der Waals surface area contributed by atoms with Crippen LogP contribution in [0.1, 0.15) is 54.5 Å². The number of hydrogen-bond acceptors (Lipinski definition) is 2. The third-order valence-corrected chi connectivity index (χ3v) is 4.08. The minimum Gasteiger partial charge on any atom is -0.465 e. The SMILES string of the molecule is CCc1cc2c(o1)CCC1(CCC1)C2=O. The Morgan fingerprint density at radius 3 is 2.80 bits per heavy atom. The number of fused-ring (bicyclic) bond motifs is 1. The Bertz CT molecular complexity index is 410. The van der Waals surface area contributed by atoms with Gasteiger partial charge < -0.3 is 4.42 Å². The molecule has 15 heavy (non-hydrogen) atoms. The van der Waals surface area contributed by atoms with Crippen molar-refractivity contribution >= 4 is 5.78 Å². The first-order chi connectivity index (χ1) is 7.25. The molecule has 0 atom stereocenters. The third kappa shape index (κ3) is 1.14. The van der Waals surface area contributed by atoms with Gasteiger partial charge in [0.1, 0.15) is 11.5 Å². The summed E-state index contributed by atoms with van der Waals surface area (Å²) >= 11 is 0. The second kappa shape index (κ2) is 2.97. The summed E-state index contributed by atoms with van der Waals surface area (Å²) in [6.45, 7) is 2.06. The summed E-state index contributed by atoms with van der Waals surface area (Å²) in [5, 5.41) is 0. The van der Waals surface area contributed by atoms with Gasteiger partial charge in [-0.25, -0.2) is 0 Å². The van der Waals surface area contributed by atoms with E-state index in [-0.39, 0.29) is 5.41 Å². The van der Waals surface area contributed by atoms with Crippen LogP contribution < -0.4 is 0 Å². The lowest BCUT2D eigenvalue weighted by molar-refractivity contribution is 0.0544. The number of rotatable bonds is 1. The molecule has 0 bridgehead atoms. The van der Waals surface area contributed by atoms with Crippen LogP contribution in [0.25, 0.3) is 0 Å². The van der Waals surface area contributed by atoms with Gasteiger partial charge in [-0.3, -0.25) is 4.79 Å². The molecular formula is C13H16O2. The number of carbonyl (C=O) groups is 1. The molecule has 1 aromatic rings. The fourth-order valence-corrected chi connectivity index (χ4v) is 2.87. The first kappa shape index (κ1) is 9.20. The Balaban J connectivity index is 2.01. The quantitative estimate of drug-likeness (QED) is 0.703. The smallest absolute Gasteiger partial charge is 0.172 e. The summed E-state index contributed by atoms with van der Waals surface area (Å²) in [5.41, 5.74) is 0.903. The Morgan fingerprint density at radius 1 is 1.40 bits per heavy atom. The van der Waals surface area contributed by atoms with E-state index in [4.69, 9.17) is 4.42 Å². The molecule has 3 rings (SSSR count). The normalized spacial score (nSPS) is 22.6. The van der Waals surface area contributed by atoms with Crippen LogP contribution >= 0.6 is 0 Å². The predicted octanol–water partition coefficient (Wildman–Crippen LogP) is 3.14. The first-order valence-corrected chi connectivity index (χ1v) is 5.91. The number of hydrogen-bond donors (Lipinski definition) is 0. The number of Topliss-reactive ketones (excluding diaryl/α,β-unsaturated/α-hetero) is 1. The molecule has 0 amide bonds. The van der Waals surface area contributed by atoms with Gasteiger partial charge in [-0.1, -0.05) is 13.3 Å². The zero-order chi connectivity index (χ0) is 10.5. The van der Waals surface area contributed by atoms with Gasteiger partial charge in [-0.05, 0) is 25.3 Å². The lowest BCUT2D eigenvalue weighted by Crippen LogP contribution is -2.41. The van der Waals surface area contributed by atoms with E-state index in [1.165, 1.54) is 6.42 Å². The maximum atomic E-state index is 12.3. The number of ketones is 1. The lowest BCUT2D eigenvalue weighted by atomic mass is 9.60. The van der Waals surface area contributed by atoms with E-state index in [9.17, 15) is 4.79 Å². The van der Waals surface area contributed by atoms with Crippen molar-refractivity contribution in [3.8, 4) is 0 Å². The van der Waals surface area contributed by atoms with Crippen LogP contribution in [-0.4, -0.2) is 5.78 Å². The van der Waals surface area contributed by atoms with Gasteiger partial charge in [0.05, 0.1) is 5.56 Å². The van der Waals surface area contributed by atoms with E-state index in [2.05, 4.69) is 6.92 Å². The van der Waals surface area contributed by atoms with Gasteiger partial charge in [0.15, 0.2) is 5.78 Å². The van der Waals surface area contributed by atoms with Crippen molar-refractivity contribution in [3.05, 3.63) is 23.2 Å². The second-order valence-electron chi connectivity index (χ2n) is 4.87. The van der Waals surface area contributed by atoms with Crippen molar-refractivity contribution in [2.75, 3.05) is 0 Å². The summed E-state index contributed by atoms with van der Waals surface area (Å²) in [4.78, 5) is 12.3. The topological polar surface area (TPSA) is 30.2 Å². The molecule has 1 heterocycles. The standard InChI is InChI=1S/C13H16O2/c1-2-9-8-10-11(15-9)4-7-13(12(10)14)5-3-6-13/h8H,2-7H2,1H3. The Kier molecular flexibility index (Phi) is 1.82. The van der Waals surface area contributed by atoms with E-state index < -0.39 is 0 Å². The van der Waals surface area contributed by atoms with E-state index in [0.717, 1.165) is 49.2 Å². The van der Waals surface area contributed by atoms with E-state index in [1.54, 1.807) is 0 Å². The third-order valence-electron chi connectivity index (χ3n) is 4.08. The number of furan rings is 1. The maximum Gasteiger partial charge on any atom is 0.172 e. The summed E-state index contributed by atoms with van der Waals surface area (Å²) in [6, 6.07) is 1.97. The molecule has 2 heteroatoms. The molecule has 2 aliphatic rings.